The van der Waals surface area contributed by atoms with Crippen molar-refractivity contribution in [3.8, 4) is 22.9 Å². The van der Waals surface area contributed by atoms with Crippen molar-refractivity contribution in [1.82, 2.24) is 25.1 Å². The molecule has 0 radical (unpaired) electrons. The van der Waals surface area contributed by atoms with E-state index in [0.29, 0.717) is 28.7 Å². The van der Waals surface area contributed by atoms with Gasteiger partial charge in [-0.2, -0.15) is 5.10 Å². The van der Waals surface area contributed by atoms with Crippen molar-refractivity contribution in [3.63, 3.8) is 0 Å². The highest BCUT2D eigenvalue weighted by Crippen LogP contribution is 2.35. The van der Waals surface area contributed by atoms with Crippen LogP contribution in [0.3, 0.4) is 0 Å². The van der Waals surface area contributed by atoms with E-state index in [4.69, 9.17) is 19.3 Å². The van der Waals surface area contributed by atoms with Gasteiger partial charge in [0.1, 0.15) is 17.2 Å². The lowest BCUT2D eigenvalue weighted by Gasteiger charge is -2.22. The van der Waals surface area contributed by atoms with Crippen molar-refractivity contribution in [1.29, 1.82) is 0 Å². The van der Waals surface area contributed by atoms with Gasteiger partial charge >= 0.3 is 0 Å². The van der Waals surface area contributed by atoms with Crippen LogP contribution in [0.4, 0.5) is 0 Å². The minimum absolute atomic E-state index is 0.0647. The van der Waals surface area contributed by atoms with Gasteiger partial charge in [0.05, 0.1) is 45.4 Å². The van der Waals surface area contributed by atoms with Crippen LogP contribution in [0.1, 0.15) is 39.8 Å². The number of thioether (sulfide) groups is 1. The molecule has 12 heteroatoms. The fraction of sp³-hybridized carbons (Fsp3) is 0.194. The number of hydrogen-bond acceptors (Lipinski definition) is 9. The Morgan fingerprint density at radius 1 is 0.792 bits per heavy atom. The standard InChI is InChI=1S/C36H34N6O5S/c1-45-28-15-9-24(10-16-28)31-21-32(25-11-17-29(46-2)18-12-25)42(40-31)34(43)23-48-36-39-38-33(41(36)27-7-5-4-6-8-27)22-37-35(44)26-13-19-30(47-3)20-14-26/h4-20,32H,21-23H2,1-3H3,(H,37,44)/t32-/m0/s1. The molecule has 0 aliphatic carbocycles. The van der Waals surface area contributed by atoms with Crippen LogP contribution in [0.15, 0.2) is 113 Å². The Hall–Kier alpha value is -5.62. The van der Waals surface area contributed by atoms with Crippen molar-refractivity contribution in [2.45, 2.75) is 24.2 Å². The smallest absolute Gasteiger partial charge is 0.253 e. The number of benzene rings is 4. The third-order valence-electron chi connectivity index (χ3n) is 7.89. The maximum Gasteiger partial charge on any atom is 0.253 e. The normalized spacial score (nSPS) is 13.9. The molecule has 0 saturated carbocycles. The van der Waals surface area contributed by atoms with Crippen molar-refractivity contribution in [2.24, 2.45) is 5.10 Å². The van der Waals surface area contributed by atoms with Crippen molar-refractivity contribution in [2.75, 3.05) is 27.1 Å². The lowest BCUT2D eigenvalue weighted by Crippen LogP contribution is -2.28. The Labute approximate surface area is 282 Å². The number of nitrogens with zero attached hydrogens (tertiary/aromatic N) is 5. The van der Waals surface area contributed by atoms with Gasteiger partial charge in [-0.15, -0.1) is 10.2 Å². The molecule has 0 unspecified atom stereocenters. The minimum Gasteiger partial charge on any atom is -0.497 e. The summed E-state index contributed by atoms with van der Waals surface area (Å²) in [5.41, 5.74) is 3.97. The molecule has 1 atom stereocenters. The van der Waals surface area contributed by atoms with Gasteiger partial charge in [-0.3, -0.25) is 14.2 Å². The highest BCUT2D eigenvalue weighted by Gasteiger charge is 2.33. The van der Waals surface area contributed by atoms with E-state index in [0.717, 1.165) is 34.0 Å². The molecule has 0 fully saturated rings. The van der Waals surface area contributed by atoms with Gasteiger partial charge in [0.15, 0.2) is 11.0 Å². The summed E-state index contributed by atoms with van der Waals surface area (Å²) < 4.78 is 17.7. The van der Waals surface area contributed by atoms with Crippen molar-refractivity contribution >= 4 is 29.3 Å². The molecule has 4 aromatic carbocycles. The zero-order chi connectivity index (χ0) is 33.5. The molecule has 48 heavy (non-hydrogen) atoms. The predicted molar refractivity (Wildman–Crippen MR) is 183 cm³/mol. The summed E-state index contributed by atoms with van der Waals surface area (Å²) in [4.78, 5) is 26.8. The largest absolute Gasteiger partial charge is 0.497 e. The van der Waals surface area contributed by atoms with Crippen LogP contribution < -0.4 is 19.5 Å². The Morgan fingerprint density at radius 2 is 1.40 bits per heavy atom. The van der Waals surface area contributed by atoms with E-state index in [9.17, 15) is 9.59 Å². The molecule has 1 aromatic heterocycles. The second kappa shape index (κ2) is 14.9. The maximum atomic E-state index is 13.9. The summed E-state index contributed by atoms with van der Waals surface area (Å²) in [7, 11) is 4.82. The Balaban J connectivity index is 1.22. The van der Waals surface area contributed by atoms with E-state index in [2.05, 4.69) is 15.5 Å². The molecule has 5 aromatic rings. The average molecular weight is 663 g/mol. The number of hydrazone groups is 1. The second-order valence-electron chi connectivity index (χ2n) is 10.8. The van der Waals surface area contributed by atoms with Gasteiger partial charge in [0.2, 0.25) is 0 Å². The molecule has 11 nitrogen and oxygen atoms in total. The lowest BCUT2D eigenvalue weighted by atomic mass is 9.98. The summed E-state index contributed by atoms with van der Waals surface area (Å²) in [6.45, 7) is 0.127. The Morgan fingerprint density at radius 3 is 2.02 bits per heavy atom. The summed E-state index contributed by atoms with van der Waals surface area (Å²) in [6.07, 6.45) is 0.549. The molecule has 1 aliphatic rings. The molecule has 2 amide bonds. The quantitative estimate of drug-likeness (QED) is 0.169. The van der Waals surface area contributed by atoms with E-state index < -0.39 is 0 Å². The number of amides is 2. The molecule has 2 heterocycles. The molecule has 0 spiro atoms. The van der Waals surface area contributed by atoms with Gasteiger partial charge in [0.25, 0.3) is 11.8 Å². The van der Waals surface area contributed by atoms with Crippen molar-refractivity contribution < 1.29 is 23.8 Å². The van der Waals surface area contributed by atoms with Crippen LogP contribution in [0.5, 0.6) is 17.2 Å². The number of hydrogen-bond donors (Lipinski definition) is 1. The number of aromatic nitrogens is 3. The number of rotatable bonds is 12. The summed E-state index contributed by atoms with van der Waals surface area (Å²) in [5, 5.41) is 18.6. The lowest BCUT2D eigenvalue weighted by molar-refractivity contribution is -0.130. The van der Waals surface area contributed by atoms with Gasteiger partial charge in [-0.1, -0.05) is 42.1 Å². The molecular formula is C36H34N6O5S. The fourth-order valence-corrected chi connectivity index (χ4v) is 6.15. The first kappa shape index (κ1) is 32.3. The summed E-state index contributed by atoms with van der Waals surface area (Å²) in [5.74, 6) is 2.30. The van der Waals surface area contributed by atoms with Crippen molar-refractivity contribution in [3.05, 3.63) is 126 Å². The zero-order valence-corrected chi connectivity index (χ0v) is 27.5. The highest BCUT2D eigenvalue weighted by molar-refractivity contribution is 7.99. The third-order valence-corrected chi connectivity index (χ3v) is 8.80. The first-order valence-corrected chi connectivity index (χ1v) is 16.2. The van der Waals surface area contributed by atoms with Gasteiger partial charge in [-0.25, -0.2) is 5.01 Å². The topological polar surface area (TPSA) is 120 Å². The highest BCUT2D eigenvalue weighted by atomic mass is 32.2. The number of para-hydroxylation sites is 1. The van der Waals surface area contributed by atoms with Gasteiger partial charge < -0.3 is 19.5 Å². The number of carbonyl (C=O) groups excluding carboxylic acids is 2. The number of nitrogens with one attached hydrogen (secondary N) is 1. The molecule has 6 rings (SSSR count). The SMILES string of the molecule is COc1ccc(C(=O)NCc2nnc(SCC(=O)N3N=C(c4ccc(OC)cc4)C[C@H]3c3ccc(OC)cc3)n2-c2ccccc2)cc1. The van der Waals surface area contributed by atoms with E-state index in [1.165, 1.54) is 11.8 Å². The van der Waals surface area contributed by atoms with E-state index in [-0.39, 0.29) is 30.2 Å². The van der Waals surface area contributed by atoms with Crippen LogP contribution in [0.2, 0.25) is 0 Å². The van der Waals surface area contributed by atoms with Crippen LogP contribution in [0, 0.1) is 0 Å². The number of methoxy groups -OCH3 is 3. The number of carbonyl (C=O) groups is 2. The van der Waals surface area contributed by atoms with E-state index >= 15 is 0 Å². The molecular weight excluding hydrogens is 629 g/mol. The van der Waals surface area contributed by atoms with Crippen LogP contribution in [0.25, 0.3) is 5.69 Å². The first-order chi connectivity index (χ1) is 23.5. The van der Waals surface area contributed by atoms with Gasteiger partial charge in [0, 0.05) is 17.7 Å². The van der Waals surface area contributed by atoms with E-state index in [1.54, 1.807) is 50.6 Å². The van der Waals surface area contributed by atoms with Crippen LogP contribution >= 0.6 is 11.8 Å². The molecule has 1 aliphatic heterocycles. The third kappa shape index (κ3) is 7.18. The molecule has 244 valence electrons. The fourth-order valence-electron chi connectivity index (χ4n) is 5.32. The molecule has 0 saturated heterocycles. The average Bonchev–Trinajstić information content (AvgIpc) is 3.78. The molecule has 1 N–H and O–H groups in total. The minimum atomic E-state index is -0.295. The Bertz CT molecular complexity index is 1890. The van der Waals surface area contributed by atoms with Gasteiger partial charge in [-0.05, 0) is 83.9 Å². The predicted octanol–water partition coefficient (Wildman–Crippen LogP) is 5.69. The summed E-state index contributed by atoms with van der Waals surface area (Å²) >= 11 is 1.26. The van der Waals surface area contributed by atoms with Crippen LogP contribution in [-0.2, 0) is 11.3 Å². The summed E-state index contributed by atoms with van der Waals surface area (Å²) in [6, 6.07) is 31.5. The molecule has 0 bridgehead atoms. The van der Waals surface area contributed by atoms with Crippen LogP contribution in [-0.4, -0.2) is 64.4 Å². The second-order valence-corrected chi connectivity index (χ2v) is 11.7. The zero-order valence-electron chi connectivity index (χ0n) is 26.7. The maximum absolute atomic E-state index is 13.9. The monoisotopic (exact) mass is 662 g/mol. The van der Waals surface area contributed by atoms with E-state index in [1.807, 2.05) is 83.4 Å². The number of ether oxygens (including phenoxy) is 3. The Kier molecular flexibility index (Phi) is 10.0. The first-order valence-electron chi connectivity index (χ1n) is 15.2.